The van der Waals surface area contributed by atoms with Gasteiger partial charge in [-0.1, -0.05) is 30.3 Å². The number of diazo groups is 6. The minimum absolute atomic E-state index is 0.00514. The molecular formula is C77H87B7F10N12O21S+6. The van der Waals surface area contributed by atoms with Gasteiger partial charge in [0.15, 0.2) is 29.9 Å². The van der Waals surface area contributed by atoms with Crippen molar-refractivity contribution in [1.82, 2.24) is 0 Å². The summed E-state index contributed by atoms with van der Waals surface area (Å²) in [7, 11) is -9.57. The highest BCUT2D eigenvalue weighted by Crippen LogP contribution is 2.38. The summed E-state index contributed by atoms with van der Waals surface area (Å²) in [6.45, 7) is 18.3. The first kappa shape index (κ1) is 106. The Balaban J connectivity index is 0.000000232. The van der Waals surface area contributed by atoms with Crippen LogP contribution in [0.15, 0.2) is 158 Å². The fourth-order valence-electron chi connectivity index (χ4n) is 10.6. The first-order valence-corrected chi connectivity index (χ1v) is 40.2. The molecule has 0 radical (unpaired) electrons. The van der Waals surface area contributed by atoms with Crippen LogP contribution in [0.5, 0.6) is 5.75 Å². The number of alkyl halides is 3. The standard InChI is InChI=1S/C15H13BFN2O3.C13H17BFN2O3.C12H13BF4O6S.C11H15BFN2O2.C9H9BFN2O3.C9H11BFN2O2.C8H9BFN2O2/c17-13-6-7-14(19-18)12(8-13)9-20-16-21-10-15(22-16)11-4-2-1-3-5-11;1-12(2)13(3,4)20-14(19-12)18-8-9-7-10(15)5-6-11(9)17-16;14-10-3-4-11(23-24(18,19)12(15,16)17)9(7-10)8-22-13-20-5-1-2-6-21-13;1-8(2)17-12(3)16-7-9-6-10(13)4-5-11(9)15-14;11-8-1-2-9(13-12)7(5-8)6-16-10-14-3-4-15-10;1-10(14-2)15-6-7-5-8(11)3-4-9(7)13-12;1-9(13)14-5-6-4-7(10)2-3-8(6)12-11/h1-8,15H,9-10H2;5-7H,8H2,1-4H3;3-4,7H,1-2,5-6,8H2;4-6,8H,7H2,1-3H3;1-2,5H,3-4,6H2;3-5H,6H2,1-2H3;2-4,13H,5H2,1H3/q2*+1;;4*+1. The van der Waals surface area contributed by atoms with Gasteiger partial charge >= 0.3 is 100 Å². The molecule has 4 saturated heterocycles. The molecule has 0 bridgehead atoms. The molecule has 51 heteroatoms. The van der Waals surface area contributed by atoms with Crippen LogP contribution in [0.2, 0.25) is 20.5 Å². The molecule has 0 amide bonds. The van der Waals surface area contributed by atoms with Crippen molar-refractivity contribution in [1.29, 1.82) is 32.4 Å². The molecule has 0 aromatic heterocycles. The smallest absolute Gasteiger partial charge is 0.427 e. The molecule has 12 rings (SSSR count). The lowest BCUT2D eigenvalue weighted by atomic mass is 9.90. The minimum atomic E-state index is -5.88. The Labute approximate surface area is 733 Å². The van der Waals surface area contributed by atoms with Gasteiger partial charge in [0.1, 0.15) is 46.5 Å². The van der Waals surface area contributed by atoms with E-state index in [-0.39, 0.29) is 87.3 Å². The van der Waals surface area contributed by atoms with Crippen LogP contribution in [-0.4, -0.2) is 127 Å². The summed E-state index contributed by atoms with van der Waals surface area (Å²) in [5.41, 5.74) is -1.65. The van der Waals surface area contributed by atoms with Crippen molar-refractivity contribution in [3.63, 3.8) is 0 Å². The third-order valence-corrected chi connectivity index (χ3v) is 18.8. The Kier molecular flexibility index (Phi) is 43.9. The number of halogens is 10. The monoisotopic (exact) mass is 1810 g/mol. The maximum Gasteiger partial charge on any atom is 0.640 e. The van der Waals surface area contributed by atoms with E-state index in [0.717, 1.165) is 36.6 Å². The Hall–Kier alpha value is -10.9. The van der Waals surface area contributed by atoms with Gasteiger partial charge in [0.2, 0.25) is 32.4 Å². The van der Waals surface area contributed by atoms with Gasteiger partial charge < -0.3 is 88.3 Å². The maximum atomic E-state index is 13.3. The fourth-order valence-corrected chi connectivity index (χ4v) is 11.1. The Bertz CT molecular complexity index is 5260. The van der Waals surface area contributed by atoms with Gasteiger partial charge in [-0.15, -0.1) is 0 Å². The van der Waals surface area contributed by atoms with E-state index in [0.29, 0.717) is 77.8 Å². The highest BCUT2D eigenvalue weighted by atomic mass is 32.2. The molecule has 1 atom stereocenters. The summed E-state index contributed by atoms with van der Waals surface area (Å²) in [6.07, 6.45) is 1.36. The topological polar surface area (TPSA) is 389 Å². The molecule has 4 aliphatic rings. The lowest BCUT2D eigenvalue weighted by molar-refractivity contribution is -0.0500. The first-order valence-electron chi connectivity index (χ1n) is 38.7. The third kappa shape index (κ3) is 36.3. The van der Waals surface area contributed by atoms with E-state index in [2.05, 4.69) is 34.0 Å². The van der Waals surface area contributed by atoms with Crippen LogP contribution in [0, 0.1) is 73.1 Å². The second-order valence-corrected chi connectivity index (χ2v) is 29.8. The summed E-state index contributed by atoms with van der Waals surface area (Å²) in [6, 6.07) is 35.0. The quantitative estimate of drug-likeness (QED) is 0.0164. The van der Waals surface area contributed by atoms with Crippen LogP contribution >= 0.6 is 0 Å². The van der Waals surface area contributed by atoms with Gasteiger partial charge in [-0.2, -0.15) is 21.6 Å². The van der Waals surface area contributed by atoms with Crippen molar-refractivity contribution in [2.24, 2.45) is 0 Å². The zero-order valence-electron chi connectivity index (χ0n) is 70.8. The van der Waals surface area contributed by atoms with Crippen molar-refractivity contribution < 1.29 is 141 Å². The van der Waals surface area contributed by atoms with E-state index in [1.807, 2.05) is 71.9 Å². The molecule has 4 fully saturated rings. The van der Waals surface area contributed by atoms with Crippen LogP contribution in [0.25, 0.3) is 29.9 Å². The van der Waals surface area contributed by atoms with E-state index in [4.69, 9.17) is 117 Å². The number of hydrogen-bond donors (Lipinski definition) is 1. The van der Waals surface area contributed by atoms with E-state index in [1.54, 1.807) is 13.6 Å². The summed E-state index contributed by atoms with van der Waals surface area (Å²) >= 11 is 0. The molecule has 128 heavy (non-hydrogen) atoms. The van der Waals surface area contributed by atoms with Gasteiger partial charge in [0.25, 0.3) is 0 Å². The molecule has 4 aliphatic heterocycles. The van der Waals surface area contributed by atoms with Crippen LogP contribution < -0.4 is 4.18 Å². The largest absolute Gasteiger partial charge is 0.640 e. The zero-order chi connectivity index (χ0) is 94.2. The van der Waals surface area contributed by atoms with Gasteiger partial charge in [-0.05, 0) is 171 Å². The number of nitrogens with zero attached hydrogens (tertiary/aromatic N) is 12. The second kappa shape index (κ2) is 53.1. The summed E-state index contributed by atoms with van der Waals surface area (Å²) < 4.78 is 244. The van der Waals surface area contributed by atoms with Gasteiger partial charge in [0.05, 0.1) is 117 Å². The molecule has 0 spiro atoms. The summed E-state index contributed by atoms with van der Waals surface area (Å²) in [5, 5.41) is 61.2. The van der Waals surface area contributed by atoms with E-state index >= 15 is 0 Å². The Morgan fingerprint density at radius 3 is 1.12 bits per heavy atom. The molecule has 1 N–H and O–H groups in total. The van der Waals surface area contributed by atoms with E-state index in [1.165, 1.54) is 123 Å². The number of rotatable bonds is 27. The van der Waals surface area contributed by atoms with Crippen LogP contribution in [0.1, 0.15) is 105 Å². The average molecular weight is 1810 g/mol. The van der Waals surface area contributed by atoms with Crippen molar-refractivity contribution >= 4 is 94.9 Å². The van der Waals surface area contributed by atoms with Crippen molar-refractivity contribution in [2.75, 3.05) is 40.1 Å². The highest BCUT2D eigenvalue weighted by molar-refractivity contribution is 7.88. The van der Waals surface area contributed by atoms with Gasteiger partial charge in [-0.3, -0.25) is 0 Å². The van der Waals surface area contributed by atoms with Crippen LogP contribution in [0.4, 0.5) is 78.0 Å². The summed E-state index contributed by atoms with van der Waals surface area (Å²) in [4.78, 5) is 18.3. The lowest BCUT2D eigenvalue weighted by Gasteiger charge is -2.31. The SMILES string of the molecule is CB(O)OCc1cc(F)ccc1[N+]#N.CB(OCc1cc(F)ccc1[N+]#N)OC(C)C.CC1(C)OB(OCc2cc(F)ccc2[N+]#N)OC1(C)C.COB(C)OCc1cc(F)ccc1[N+]#N.N#[N+]c1ccc(F)cc1COB1OCC(c2ccccc2)O1.N#[N+]c1ccc(F)cc1COB1OCCO1.O=S(=O)(Oc1ccc(F)cc1COB1OCCCCO1)C(F)(F)F. The van der Waals surface area contributed by atoms with Crippen LogP contribution in [0.3, 0.4) is 0 Å². The molecule has 672 valence electrons. The van der Waals surface area contributed by atoms with Crippen molar-refractivity contribution in [3.05, 3.63) is 273 Å². The fraction of sp³-hybridized carbons (Fsp3) is 0.377. The molecule has 4 heterocycles. The van der Waals surface area contributed by atoms with Gasteiger partial charge in [-0.25, -0.2) is 30.7 Å². The first-order chi connectivity index (χ1) is 60.8. The molecular weight excluding hydrogens is 1730 g/mol. The average Bonchev–Trinajstić information content (AvgIpc) is 1.60. The van der Waals surface area contributed by atoms with E-state index < -0.39 is 123 Å². The minimum Gasteiger partial charge on any atom is -0.427 e. The summed E-state index contributed by atoms with van der Waals surface area (Å²) in [5.74, 6) is -4.00. The highest BCUT2D eigenvalue weighted by Gasteiger charge is 2.53. The number of hydrogen-bond acceptors (Lipinski definition) is 27. The second-order valence-electron chi connectivity index (χ2n) is 28.3. The molecule has 1 unspecified atom stereocenters. The molecule has 8 aromatic rings. The Morgan fingerprint density at radius 1 is 0.445 bits per heavy atom. The normalized spacial score (nSPS) is 14.7. The van der Waals surface area contributed by atoms with Crippen molar-refractivity contribution in [2.45, 2.75) is 150 Å². The maximum absolute atomic E-state index is 13.3. The molecule has 8 aromatic carbocycles. The van der Waals surface area contributed by atoms with Gasteiger partial charge in [0, 0.05) is 68.4 Å². The number of benzene rings is 8. The third-order valence-electron chi connectivity index (χ3n) is 17.8. The Morgan fingerprint density at radius 2 is 0.766 bits per heavy atom. The predicted octanol–water partition coefficient (Wildman–Crippen LogP) is 19.2. The van der Waals surface area contributed by atoms with E-state index in [9.17, 15) is 52.3 Å². The van der Waals surface area contributed by atoms with Crippen molar-refractivity contribution in [3.8, 4) is 5.75 Å². The molecule has 0 saturated carbocycles. The zero-order valence-corrected chi connectivity index (χ0v) is 71.6. The molecule has 0 aliphatic carbocycles. The van der Waals surface area contributed by atoms with Crippen LogP contribution in [-0.2, 0) is 135 Å². The molecule has 33 nitrogen and oxygen atoms in total. The predicted molar refractivity (Wildman–Crippen MR) is 445 cm³/mol. The lowest BCUT2D eigenvalue weighted by Crippen LogP contribution is -2.41.